The van der Waals surface area contributed by atoms with E-state index in [2.05, 4.69) is 5.32 Å². The number of nitrogens with one attached hydrogen (secondary N) is 1. The minimum absolute atomic E-state index is 0.0898. The fourth-order valence-electron chi connectivity index (χ4n) is 2.67. The van der Waals surface area contributed by atoms with Gasteiger partial charge in [-0.2, -0.15) is 0 Å². The zero-order chi connectivity index (χ0) is 19.4. The molecule has 0 unspecified atom stereocenters. The molecule has 27 heavy (non-hydrogen) atoms. The summed E-state index contributed by atoms with van der Waals surface area (Å²) in [7, 11) is -0.670. The first-order valence-electron chi connectivity index (χ1n) is 8.57. The first-order valence-corrected chi connectivity index (χ1v) is 10.0. The van der Waals surface area contributed by atoms with Crippen LogP contribution in [0.4, 0.5) is 0 Å². The van der Waals surface area contributed by atoms with Crippen molar-refractivity contribution in [1.29, 1.82) is 0 Å². The maximum absolute atomic E-state index is 12.4. The predicted octanol–water partition coefficient (Wildman–Crippen LogP) is 1.68. The second kappa shape index (κ2) is 7.98. The van der Waals surface area contributed by atoms with Crippen LogP contribution in [0.1, 0.15) is 15.9 Å². The number of sulfonamides is 1. The lowest BCUT2D eigenvalue weighted by molar-refractivity contribution is 0.0954. The summed E-state index contributed by atoms with van der Waals surface area (Å²) in [5.41, 5.74) is 1.32. The normalized spacial score (nSPS) is 13.4. The lowest BCUT2D eigenvalue weighted by Gasteiger charge is -2.18. The molecular formula is C19H22N2O5S. The number of carbonyl (C=O) groups is 1. The van der Waals surface area contributed by atoms with Gasteiger partial charge in [0.25, 0.3) is 5.91 Å². The smallest absolute Gasteiger partial charge is 0.251 e. The molecule has 8 heteroatoms. The number of nitrogens with zero attached hydrogens (tertiary/aromatic N) is 1. The van der Waals surface area contributed by atoms with Gasteiger partial charge in [-0.15, -0.1) is 0 Å². The van der Waals surface area contributed by atoms with Crippen LogP contribution in [-0.2, 0) is 16.4 Å². The Morgan fingerprint density at radius 1 is 1.07 bits per heavy atom. The van der Waals surface area contributed by atoms with Crippen molar-refractivity contribution in [1.82, 2.24) is 9.62 Å². The molecule has 1 amide bonds. The van der Waals surface area contributed by atoms with Crippen LogP contribution in [0, 0.1) is 0 Å². The SMILES string of the molecule is CN(C)S(=O)(=O)c1cccc(C(=O)NCCc2ccc3c(c2)OCCO3)c1. The van der Waals surface area contributed by atoms with Crippen LogP contribution in [0.2, 0.25) is 0 Å². The highest BCUT2D eigenvalue weighted by Gasteiger charge is 2.18. The van der Waals surface area contributed by atoms with Crippen LogP contribution < -0.4 is 14.8 Å². The highest BCUT2D eigenvalue weighted by Crippen LogP contribution is 2.30. The third-order valence-electron chi connectivity index (χ3n) is 4.18. The summed E-state index contributed by atoms with van der Waals surface area (Å²) < 4.78 is 36.5. The average Bonchev–Trinajstić information content (AvgIpc) is 2.67. The lowest BCUT2D eigenvalue weighted by Crippen LogP contribution is -2.27. The third kappa shape index (κ3) is 4.40. The number of benzene rings is 2. The minimum Gasteiger partial charge on any atom is -0.486 e. The largest absolute Gasteiger partial charge is 0.486 e. The van der Waals surface area contributed by atoms with Gasteiger partial charge in [-0.25, -0.2) is 12.7 Å². The van der Waals surface area contributed by atoms with Gasteiger partial charge in [0.1, 0.15) is 13.2 Å². The Kier molecular flexibility index (Phi) is 5.67. The molecule has 1 heterocycles. The number of rotatable bonds is 6. The Morgan fingerprint density at radius 3 is 2.56 bits per heavy atom. The van der Waals surface area contributed by atoms with Gasteiger partial charge in [0.15, 0.2) is 11.5 Å². The zero-order valence-corrected chi connectivity index (χ0v) is 16.1. The van der Waals surface area contributed by atoms with E-state index in [1.54, 1.807) is 12.1 Å². The van der Waals surface area contributed by atoms with Crippen LogP contribution >= 0.6 is 0 Å². The number of carbonyl (C=O) groups excluding carboxylic acids is 1. The van der Waals surface area contributed by atoms with Crippen molar-refractivity contribution in [3.63, 3.8) is 0 Å². The highest BCUT2D eigenvalue weighted by atomic mass is 32.2. The van der Waals surface area contributed by atoms with Gasteiger partial charge >= 0.3 is 0 Å². The molecule has 0 saturated carbocycles. The van der Waals surface area contributed by atoms with E-state index >= 15 is 0 Å². The Morgan fingerprint density at radius 2 is 1.81 bits per heavy atom. The van der Waals surface area contributed by atoms with E-state index in [0.717, 1.165) is 15.6 Å². The molecule has 0 fully saturated rings. The summed E-state index contributed by atoms with van der Waals surface area (Å²) in [5, 5.41) is 2.82. The number of ether oxygens (including phenoxy) is 2. The van der Waals surface area contributed by atoms with Gasteiger partial charge in [0, 0.05) is 26.2 Å². The molecule has 0 aromatic heterocycles. The monoisotopic (exact) mass is 390 g/mol. The van der Waals surface area contributed by atoms with Gasteiger partial charge in [-0.3, -0.25) is 4.79 Å². The van der Waals surface area contributed by atoms with Crippen molar-refractivity contribution in [3.05, 3.63) is 53.6 Å². The number of hydrogen-bond donors (Lipinski definition) is 1. The number of fused-ring (bicyclic) bond motifs is 1. The van der Waals surface area contributed by atoms with E-state index < -0.39 is 10.0 Å². The summed E-state index contributed by atoms with van der Waals surface area (Å²) in [4.78, 5) is 12.4. The molecular weight excluding hydrogens is 368 g/mol. The van der Waals surface area contributed by atoms with E-state index in [0.29, 0.717) is 37.5 Å². The molecule has 2 aromatic carbocycles. The first-order chi connectivity index (χ1) is 12.9. The van der Waals surface area contributed by atoms with Crippen molar-refractivity contribution < 1.29 is 22.7 Å². The Balaban J connectivity index is 1.61. The average molecular weight is 390 g/mol. The molecule has 1 N–H and O–H groups in total. The van der Waals surface area contributed by atoms with E-state index in [1.807, 2.05) is 18.2 Å². The summed E-state index contributed by atoms with van der Waals surface area (Å²) >= 11 is 0. The van der Waals surface area contributed by atoms with Crippen molar-refractivity contribution in [2.24, 2.45) is 0 Å². The van der Waals surface area contributed by atoms with Crippen LogP contribution in [0.25, 0.3) is 0 Å². The van der Waals surface area contributed by atoms with E-state index in [9.17, 15) is 13.2 Å². The lowest BCUT2D eigenvalue weighted by atomic mass is 10.1. The van der Waals surface area contributed by atoms with Crippen molar-refractivity contribution in [2.75, 3.05) is 33.9 Å². The van der Waals surface area contributed by atoms with Gasteiger partial charge in [0.05, 0.1) is 4.90 Å². The maximum atomic E-state index is 12.4. The molecule has 3 rings (SSSR count). The van der Waals surface area contributed by atoms with Gasteiger partial charge in [-0.1, -0.05) is 12.1 Å². The molecule has 0 atom stereocenters. The second-order valence-corrected chi connectivity index (χ2v) is 8.45. The molecule has 1 aliphatic heterocycles. The van der Waals surface area contributed by atoms with Crippen LogP contribution in [-0.4, -0.2) is 52.5 Å². The summed E-state index contributed by atoms with van der Waals surface area (Å²) in [6.07, 6.45) is 0.623. The van der Waals surface area contributed by atoms with E-state index in [1.165, 1.54) is 26.2 Å². The molecule has 0 bridgehead atoms. The molecule has 144 valence electrons. The molecule has 0 aliphatic carbocycles. The number of amides is 1. The minimum atomic E-state index is -3.58. The molecule has 1 aliphatic rings. The molecule has 0 saturated heterocycles. The first kappa shape index (κ1) is 19.2. The molecule has 0 radical (unpaired) electrons. The summed E-state index contributed by atoms with van der Waals surface area (Å²) in [5.74, 6) is 1.13. The second-order valence-electron chi connectivity index (χ2n) is 6.30. The van der Waals surface area contributed by atoms with Crippen LogP contribution in [0.3, 0.4) is 0 Å². The maximum Gasteiger partial charge on any atom is 0.251 e. The fourth-order valence-corrected chi connectivity index (χ4v) is 3.62. The van der Waals surface area contributed by atoms with Crippen LogP contribution in [0.15, 0.2) is 47.4 Å². The summed E-state index contributed by atoms with van der Waals surface area (Å²) in [6.45, 7) is 1.49. The fraction of sp³-hybridized carbons (Fsp3) is 0.316. The number of hydrogen-bond acceptors (Lipinski definition) is 5. The van der Waals surface area contributed by atoms with E-state index in [4.69, 9.17) is 9.47 Å². The van der Waals surface area contributed by atoms with Gasteiger partial charge in [-0.05, 0) is 42.3 Å². The van der Waals surface area contributed by atoms with Crippen molar-refractivity contribution in [2.45, 2.75) is 11.3 Å². The van der Waals surface area contributed by atoms with Gasteiger partial charge in [0.2, 0.25) is 10.0 Å². The van der Waals surface area contributed by atoms with Crippen LogP contribution in [0.5, 0.6) is 11.5 Å². The van der Waals surface area contributed by atoms with Crippen molar-refractivity contribution >= 4 is 15.9 Å². The Bertz CT molecular complexity index is 941. The standard InChI is InChI=1S/C19H22N2O5S/c1-21(2)27(23,24)16-5-3-4-15(13-16)19(22)20-9-8-14-6-7-17-18(12-14)26-11-10-25-17/h3-7,12-13H,8-11H2,1-2H3,(H,20,22). The Labute approximate surface area is 158 Å². The quantitative estimate of drug-likeness (QED) is 0.811. The van der Waals surface area contributed by atoms with Crippen molar-refractivity contribution in [3.8, 4) is 11.5 Å². The topological polar surface area (TPSA) is 84.9 Å². The van der Waals surface area contributed by atoms with Gasteiger partial charge < -0.3 is 14.8 Å². The highest BCUT2D eigenvalue weighted by molar-refractivity contribution is 7.89. The van der Waals surface area contributed by atoms with E-state index in [-0.39, 0.29) is 10.8 Å². The third-order valence-corrected chi connectivity index (χ3v) is 5.99. The molecule has 0 spiro atoms. The molecule has 2 aromatic rings. The zero-order valence-electron chi connectivity index (χ0n) is 15.3. The Hall–Kier alpha value is -2.58. The predicted molar refractivity (Wildman–Crippen MR) is 101 cm³/mol. The molecule has 7 nitrogen and oxygen atoms in total. The summed E-state index contributed by atoms with van der Waals surface area (Å²) in [6, 6.07) is 11.7.